The molecule has 0 radical (unpaired) electrons. The van der Waals surface area contributed by atoms with Crippen LogP contribution in [0.2, 0.25) is 0 Å². The largest absolute Gasteiger partial charge is 1.00 e. The summed E-state index contributed by atoms with van der Waals surface area (Å²) < 4.78 is 0. The summed E-state index contributed by atoms with van der Waals surface area (Å²) in [4.78, 5) is 0. The van der Waals surface area contributed by atoms with Crippen molar-refractivity contribution in [1.82, 2.24) is 0 Å². The van der Waals surface area contributed by atoms with Gasteiger partial charge in [-0.2, -0.15) is 0 Å². The standard InChI is InChI=1S/C35H50P.HI/c1-2-3-4-5-6-7-8-9-10-11-12-22-29-36(30-33-23-16-13-17-24-33,31-34-25-18-14-19-26-34)32-35-27-20-15-21-28-35;/h13-21,23-28H,2-12,22,29-32H2,1H3;1H/q+1;/p-1. The van der Waals surface area contributed by atoms with Crippen molar-refractivity contribution in [2.24, 2.45) is 0 Å². The molecule has 0 aromatic heterocycles. The van der Waals surface area contributed by atoms with Crippen molar-refractivity contribution in [3.8, 4) is 0 Å². The summed E-state index contributed by atoms with van der Waals surface area (Å²) >= 11 is 0. The molecule has 3 aromatic rings. The van der Waals surface area contributed by atoms with Crippen LogP contribution in [0.3, 0.4) is 0 Å². The number of benzene rings is 3. The minimum absolute atomic E-state index is 0. The van der Waals surface area contributed by atoms with Crippen molar-refractivity contribution in [1.29, 1.82) is 0 Å². The monoisotopic (exact) mass is 628 g/mol. The first kappa shape index (κ1) is 32.0. The number of unbranched alkanes of at least 4 members (excludes halogenated alkanes) is 11. The van der Waals surface area contributed by atoms with Crippen LogP contribution in [0.1, 0.15) is 101 Å². The Morgan fingerprint density at radius 3 is 1.03 bits per heavy atom. The Morgan fingerprint density at radius 2 is 0.703 bits per heavy atom. The van der Waals surface area contributed by atoms with E-state index < -0.39 is 7.26 Å². The molecule has 0 bridgehead atoms. The lowest BCUT2D eigenvalue weighted by molar-refractivity contribution is -0.00000771. The maximum atomic E-state index is 2.35. The van der Waals surface area contributed by atoms with Crippen LogP contribution in [0.4, 0.5) is 0 Å². The summed E-state index contributed by atoms with van der Waals surface area (Å²) in [6.07, 6.45) is 22.3. The number of rotatable bonds is 19. The zero-order chi connectivity index (χ0) is 25.2. The lowest BCUT2D eigenvalue weighted by atomic mass is 10.1. The summed E-state index contributed by atoms with van der Waals surface area (Å²) in [6.45, 7) is 2.30. The Morgan fingerprint density at radius 1 is 0.405 bits per heavy atom. The third-order valence-corrected chi connectivity index (χ3v) is 11.9. The van der Waals surface area contributed by atoms with E-state index in [1.54, 1.807) is 0 Å². The van der Waals surface area contributed by atoms with Crippen LogP contribution in [-0.4, -0.2) is 6.16 Å². The van der Waals surface area contributed by atoms with Gasteiger partial charge in [-0.1, -0.05) is 162 Å². The van der Waals surface area contributed by atoms with Crippen molar-refractivity contribution >= 4 is 7.26 Å². The molecule has 0 fully saturated rings. The second-order valence-electron chi connectivity index (χ2n) is 10.9. The number of hydrogen-bond donors (Lipinski definition) is 0. The molecule has 0 amide bonds. The second-order valence-corrected chi connectivity index (χ2v) is 15.0. The summed E-state index contributed by atoms with van der Waals surface area (Å²) in [5.41, 5.74) is 4.57. The van der Waals surface area contributed by atoms with Gasteiger partial charge < -0.3 is 24.0 Å². The van der Waals surface area contributed by atoms with Crippen LogP contribution in [0.5, 0.6) is 0 Å². The van der Waals surface area contributed by atoms with Crippen molar-refractivity contribution < 1.29 is 24.0 Å². The van der Waals surface area contributed by atoms with E-state index >= 15 is 0 Å². The predicted molar refractivity (Wildman–Crippen MR) is 163 cm³/mol. The van der Waals surface area contributed by atoms with Crippen LogP contribution in [0, 0.1) is 0 Å². The molecule has 0 aliphatic rings. The average Bonchev–Trinajstić information content (AvgIpc) is 2.91. The van der Waals surface area contributed by atoms with Crippen LogP contribution in [0.25, 0.3) is 0 Å². The highest BCUT2D eigenvalue weighted by Gasteiger charge is 2.37. The lowest BCUT2D eigenvalue weighted by Crippen LogP contribution is -3.00. The van der Waals surface area contributed by atoms with E-state index in [-0.39, 0.29) is 24.0 Å². The van der Waals surface area contributed by atoms with Gasteiger partial charge in [0.2, 0.25) is 0 Å². The Hall–Kier alpha value is -1.18. The molecule has 0 aliphatic heterocycles. The van der Waals surface area contributed by atoms with Crippen molar-refractivity contribution in [3.63, 3.8) is 0 Å². The quantitative estimate of drug-likeness (QED) is 0.0712. The highest BCUT2D eigenvalue weighted by molar-refractivity contribution is 7.73. The normalized spacial score (nSPS) is 11.3. The topological polar surface area (TPSA) is 0 Å². The van der Waals surface area contributed by atoms with E-state index in [1.165, 1.54) is 118 Å². The zero-order valence-electron chi connectivity index (χ0n) is 23.3. The molecule has 0 saturated carbocycles. The molecule has 37 heavy (non-hydrogen) atoms. The first-order valence-electron chi connectivity index (χ1n) is 14.8. The van der Waals surface area contributed by atoms with E-state index in [0.717, 1.165) is 0 Å². The van der Waals surface area contributed by atoms with Crippen molar-refractivity contribution in [2.45, 2.75) is 102 Å². The fraction of sp³-hybridized carbons (Fsp3) is 0.486. The molecule has 2 heteroatoms. The number of halogens is 1. The first-order valence-corrected chi connectivity index (χ1v) is 17.3. The molecular formula is C35H50IP. The molecule has 3 rings (SSSR count). The molecule has 0 heterocycles. The second kappa shape index (κ2) is 19.8. The van der Waals surface area contributed by atoms with Crippen molar-refractivity contribution in [2.75, 3.05) is 6.16 Å². The minimum Gasteiger partial charge on any atom is -1.00 e. The number of hydrogen-bond acceptors (Lipinski definition) is 0. The molecule has 3 aromatic carbocycles. The van der Waals surface area contributed by atoms with E-state index in [0.29, 0.717) is 0 Å². The lowest BCUT2D eigenvalue weighted by Gasteiger charge is -2.29. The SMILES string of the molecule is CCCCCCCCCCCCCC[P+](Cc1ccccc1)(Cc1ccccc1)Cc1ccccc1.[I-]. The summed E-state index contributed by atoms with van der Waals surface area (Å²) in [7, 11) is -1.24. The van der Waals surface area contributed by atoms with E-state index in [9.17, 15) is 0 Å². The highest BCUT2D eigenvalue weighted by Crippen LogP contribution is 2.67. The molecule has 202 valence electrons. The van der Waals surface area contributed by atoms with Gasteiger partial charge in [-0.15, -0.1) is 0 Å². The Kier molecular flexibility index (Phi) is 17.2. The molecule has 0 atom stereocenters. The molecule has 0 N–H and O–H groups in total. The smallest absolute Gasteiger partial charge is 0.0849 e. The van der Waals surface area contributed by atoms with Gasteiger partial charge in [-0.05, 0) is 29.5 Å². The first-order chi connectivity index (χ1) is 17.8. The van der Waals surface area contributed by atoms with Gasteiger partial charge in [0.05, 0.1) is 24.6 Å². The van der Waals surface area contributed by atoms with Gasteiger partial charge in [0.1, 0.15) is 0 Å². The molecule has 0 spiro atoms. The van der Waals surface area contributed by atoms with Crippen LogP contribution < -0.4 is 24.0 Å². The Bertz CT molecular complexity index is 808. The highest BCUT2D eigenvalue weighted by atomic mass is 127. The van der Waals surface area contributed by atoms with Crippen molar-refractivity contribution in [3.05, 3.63) is 108 Å². The van der Waals surface area contributed by atoms with Gasteiger partial charge in [0, 0.05) is 7.26 Å². The Balaban J connectivity index is 0.00000481. The van der Waals surface area contributed by atoms with Gasteiger partial charge in [-0.25, -0.2) is 0 Å². The maximum Gasteiger partial charge on any atom is 0.0849 e. The van der Waals surface area contributed by atoms with Gasteiger partial charge in [0.25, 0.3) is 0 Å². The van der Waals surface area contributed by atoms with Crippen LogP contribution in [-0.2, 0) is 18.5 Å². The summed E-state index contributed by atoms with van der Waals surface area (Å²) in [6, 6.07) is 33.9. The molecule has 0 nitrogen and oxygen atoms in total. The average molecular weight is 629 g/mol. The van der Waals surface area contributed by atoms with Crippen LogP contribution >= 0.6 is 7.26 Å². The molecule has 0 unspecified atom stereocenters. The van der Waals surface area contributed by atoms with Gasteiger partial charge in [-0.3, -0.25) is 0 Å². The van der Waals surface area contributed by atoms with E-state index in [1.807, 2.05) is 0 Å². The fourth-order valence-corrected chi connectivity index (χ4v) is 10.3. The third kappa shape index (κ3) is 13.4. The van der Waals surface area contributed by atoms with E-state index in [4.69, 9.17) is 0 Å². The van der Waals surface area contributed by atoms with Gasteiger partial charge >= 0.3 is 0 Å². The maximum absolute atomic E-state index is 2.35. The fourth-order valence-electron chi connectivity index (χ4n) is 5.61. The zero-order valence-corrected chi connectivity index (χ0v) is 26.4. The van der Waals surface area contributed by atoms with Gasteiger partial charge in [0.15, 0.2) is 0 Å². The molecule has 0 aliphatic carbocycles. The summed E-state index contributed by atoms with van der Waals surface area (Å²) in [5, 5.41) is 0. The van der Waals surface area contributed by atoms with E-state index in [2.05, 4.69) is 97.9 Å². The Labute approximate surface area is 246 Å². The third-order valence-electron chi connectivity index (χ3n) is 7.57. The van der Waals surface area contributed by atoms with Crippen LogP contribution in [0.15, 0.2) is 91.0 Å². The summed E-state index contributed by atoms with van der Waals surface area (Å²) in [5.74, 6) is 0. The molecular weight excluding hydrogens is 578 g/mol. The predicted octanol–water partition coefficient (Wildman–Crippen LogP) is 8.31. The molecule has 0 saturated heterocycles. The minimum atomic E-state index is -1.24.